The summed E-state index contributed by atoms with van der Waals surface area (Å²) in [7, 11) is 2.04. The largest absolute Gasteiger partial charge is 0.319 e. The molecule has 0 radical (unpaired) electrons. The first-order valence-corrected chi connectivity index (χ1v) is 6.65. The van der Waals surface area contributed by atoms with Crippen LogP contribution in [0.2, 0.25) is 0 Å². The van der Waals surface area contributed by atoms with E-state index in [4.69, 9.17) is 4.98 Å². The van der Waals surface area contributed by atoms with E-state index in [1.807, 2.05) is 18.4 Å². The van der Waals surface area contributed by atoms with Crippen LogP contribution in [0.3, 0.4) is 0 Å². The lowest BCUT2D eigenvalue weighted by Crippen LogP contribution is -2.24. The van der Waals surface area contributed by atoms with Gasteiger partial charge in [-0.25, -0.2) is 4.98 Å². The van der Waals surface area contributed by atoms with Crippen molar-refractivity contribution in [1.29, 1.82) is 0 Å². The zero-order valence-electron chi connectivity index (χ0n) is 9.84. The Kier molecular flexibility index (Phi) is 3.42. The Morgan fingerprint density at radius 1 is 1.53 bits per heavy atom. The van der Waals surface area contributed by atoms with Crippen LogP contribution in [0.5, 0.6) is 0 Å². The molecular formula is C12H20N2S. The minimum absolute atomic E-state index is 0.586. The zero-order valence-corrected chi connectivity index (χ0v) is 10.7. The van der Waals surface area contributed by atoms with Gasteiger partial charge in [-0.05, 0) is 38.8 Å². The van der Waals surface area contributed by atoms with Crippen LogP contribution < -0.4 is 5.32 Å². The van der Waals surface area contributed by atoms with Gasteiger partial charge in [0, 0.05) is 10.8 Å². The van der Waals surface area contributed by atoms with Crippen LogP contribution in [0, 0.1) is 5.92 Å². The van der Waals surface area contributed by atoms with Gasteiger partial charge in [-0.2, -0.15) is 0 Å². The third-order valence-corrected chi connectivity index (χ3v) is 4.50. The van der Waals surface area contributed by atoms with Crippen molar-refractivity contribution in [2.75, 3.05) is 13.6 Å². The molecule has 84 valence electrons. The fourth-order valence-electron chi connectivity index (χ4n) is 2.18. The Balaban J connectivity index is 2.12. The highest BCUT2D eigenvalue weighted by atomic mass is 32.1. The first-order chi connectivity index (χ1) is 7.20. The number of nitrogens with one attached hydrogen (secondary N) is 1. The summed E-state index contributed by atoms with van der Waals surface area (Å²) in [6.07, 6.45) is 3.75. The average Bonchev–Trinajstić information content (AvgIpc) is 2.61. The summed E-state index contributed by atoms with van der Waals surface area (Å²) < 4.78 is 0. The molecule has 0 saturated carbocycles. The molecule has 0 amide bonds. The highest BCUT2D eigenvalue weighted by Gasteiger charge is 2.22. The Morgan fingerprint density at radius 3 is 3.00 bits per heavy atom. The van der Waals surface area contributed by atoms with Crippen LogP contribution in [0.25, 0.3) is 0 Å². The summed E-state index contributed by atoms with van der Waals surface area (Å²) in [5.74, 6) is 1.38. The predicted octanol–water partition coefficient (Wildman–Crippen LogP) is 2.59. The molecule has 3 heteroatoms. The summed E-state index contributed by atoms with van der Waals surface area (Å²) in [4.78, 5) is 6.32. The second kappa shape index (κ2) is 4.62. The molecule has 0 aliphatic heterocycles. The van der Waals surface area contributed by atoms with Gasteiger partial charge in [-0.15, -0.1) is 11.3 Å². The zero-order chi connectivity index (χ0) is 10.8. The molecule has 0 fully saturated rings. The molecule has 0 spiro atoms. The number of thiazole rings is 1. The number of nitrogens with zero attached hydrogens (tertiary/aromatic N) is 1. The van der Waals surface area contributed by atoms with E-state index >= 15 is 0 Å². The lowest BCUT2D eigenvalue weighted by molar-refractivity contribution is 0.438. The van der Waals surface area contributed by atoms with E-state index in [0.29, 0.717) is 5.92 Å². The van der Waals surface area contributed by atoms with Crippen LogP contribution in [-0.2, 0) is 12.8 Å². The summed E-state index contributed by atoms with van der Waals surface area (Å²) in [5.41, 5.74) is 1.38. The lowest BCUT2D eigenvalue weighted by Gasteiger charge is -2.20. The van der Waals surface area contributed by atoms with E-state index in [9.17, 15) is 0 Å². The number of rotatable bonds is 3. The van der Waals surface area contributed by atoms with Crippen molar-refractivity contribution in [1.82, 2.24) is 10.3 Å². The van der Waals surface area contributed by atoms with Gasteiger partial charge < -0.3 is 5.32 Å². The molecular weight excluding hydrogens is 204 g/mol. The molecule has 1 aromatic heterocycles. The third-order valence-electron chi connectivity index (χ3n) is 3.04. The van der Waals surface area contributed by atoms with Crippen LogP contribution >= 0.6 is 11.3 Å². The van der Waals surface area contributed by atoms with Crippen molar-refractivity contribution in [3.63, 3.8) is 0 Å². The first-order valence-electron chi connectivity index (χ1n) is 5.83. The highest BCUT2D eigenvalue weighted by molar-refractivity contribution is 7.11. The van der Waals surface area contributed by atoms with Gasteiger partial charge in [-0.1, -0.05) is 13.8 Å². The Hall–Kier alpha value is -0.410. The topological polar surface area (TPSA) is 24.9 Å². The van der Waals surface area contributed by atoms with E-state index in [-0.39, 0.29) is 0 Å². The summed E-state index contributed by atoms with van der Waals surface area (Å²) in [5, 5.41) is 4.60. The van der Waals surface area contributed by atoms with E-state index < -0.39 is 0 Å². The summed E-state index contributed by atoms with van der Waals surface area (Å²) in [6, 6.07) is 0. The molecule has 0 bridgehead atoms. The van der Waals surface area contributed by atoms with Crippen molar-refractivity contribution in [3.05, 3.63) is 15.6 Å². The molecule has 1 aliphatic rings. The molecule has 0 saturated heterocycles. The normalized spacial score (nSPS) is 20.7. The van der Waals surface area contributed by atoms with Crippen molar-refractivity contribution in [2.45, 2.75) is 39.0 Å². The van der Waals surface area contributed by atoms with Crippen LogP contribution in [0.15, 0.2) is 0 Å². The molecule has 1 N–H and O–H groups in total. The van der Waals surface area contributed by atoms with Gasteiger partial charge in [0.25, 0.3) is 0 Å². The average molecular weight is 224 g/mol. The molecule has 1 atom stereocenters. The van der Waals surface area contributed by atoms with Crippen LogP contribution in [-0.4, -0.2) is 18.6 Å². The maximum atomic E-state index is 4.77. The maximum absolute atomic E-state index is 4.77. The molecule has 1 aromatic rings. The molecule has 1 aliphatic carbocycles. The molecule has 2 rings (SSSR count). The van der Waals surface area contributed by atoms with Gasteiger partial charge in [0.1, 0.15) is 0 Å². The monoisotopic (exact) mass is 224 g/mol. The SMILES string of the molecule is CNCC1CCc2sc(C(C)C)nc2C1. The van der Waals surface area contributed by atoms with Crippen LogP contribution in [0.4, 0.5) is 0 Å². The maximum Gasteiger partial charge on any atom is 0.0956 e. The number of aromatic nitrogens is 1. The molecule has 2 nitrogen and oxygen atoms in total. The first kappa shape index (κ1) is 11.1. The van der Waals surface area contributed by atoms with Crippen LogP contribution in [0.1, 0.15) is 41.8 Å². The lowest BCUT2D eigenvalue weighted by atomic mass is 9.91. The summed E-state index contributed by atoms with van der Waals surface area (Å²) in [6.45, 7) is 5.60. The van der Waals surface area contributed by atoms with Crippen molar-refractivity contribution in [3.8, 4) is 0 Å². The van der Waals surface area contributed by atoms with Gasteiger partial charge in [0.2, 0.25) is 0 Å². The smallest absolute Gasteiger partial charge is 0.0956 e. The number of hydrogen-bond acceptors (Lipinski definition) is 3. The minimum Gasteiger partial charge on any atom is -0.319 e. The molecule has 1 unspecified atom stereocenters. The van der Waals surface area contributed by atoms with Gasteiger partial charge in [0.05, 0.1) is 10.7 Å². The predicted molar refractivity (Wildman–Crippen MR) is 65.6 cm³/mol. The molecule has 1 heterocycles. The highest BCUT2D eigenvalue weighted by Crippen LogP contribution is 2.32. The standard InChI is InChI=1S/C12H20N2S/c1-8(2)12-14-10-6-9(7-13-3)4-5-11(10)15-12/h8-9,13H,4-7H2,1-3H3. The van der Waals surface area contributed by atoms with Crippen molar-refractivity contribution >= 4 is 11.3 Å². The van der Waals surface area contributed by atoms with E-state index in [1.54, 1.807) is 4.88 Å². The van der Waals surface area contributed by atoms with Gasteiger partial charge >= 0.3 is 0 Å². The Labute approximate surface area is 96.1 Å². The van der Waals surface area contributed by atoms with E-state index in [2.05, 4.69) is 19.2 Å². The van der Waals surface area contributed by atoms with E-state index in [0.717, 1.165) is 12.5 Å². The number of aryl methyl sites for hydroxylation is 1. The summed E-state index contributed by atoms with van der Waals surface area (Å²) >= 11 is 1.93. The molecule has 15 heavy (non-hydrogen) atoms. The Morgan fingerprint density at radius 2 is 2.33 bits per heavy atom. The number of fused-ring (bicyclic) bond motifs is 1. The van der Waals surface area contributed by atoms with E-state index in [1.165, 1.54) is 30.0 Å². The fourth-order valence-corrected chi connectivity index (χ4v) is 3.29. The second-order valence-electron chi connectivity index (χ2n) is 4.74. The Bertz CT molecular complexity index is 330. The van der Waals surface area contributed by atoms with Crippen molar-refractivity contribution in [2.24, 2.45) is 5.92 Å². The van der Waals surface area contributed by atoms with Crippen molar-refractivity contribution < 1.29 is 0 Å². The fraction of sp³-hybridized carbons (Fsp3) is 0.750. The second-order valence-corrected chi connectivity index (χ2v) is 5.86. The third kappa shape index (κ3) is 2.40. The minimum atomic E-state index is 0.586. The number of hydrogen-bond donors (Lipinski definition) is 1. The molecule has 0 aromatic carbocycles. The quantitative estimate of drug-likeness (QED) is 0.853. The van der Waals surface area contributed by atoms with Gasteiger partial charge in [-0.3, -0.25) is 0 Å². The van der Waals surface area contributed by atoms with Gasteiger partial charge in [0.15, 0.2) is 0 Å².